The smallest absolute Gasteiger partial charge is 0.0476 e. The highest BCUT2D eigenvalue weighted by atomic mass is 35.5. The van der Waals surface area contributed by atoms with Crippen LogP contribution < -0.4 is 5.73 Å². The van der Waals surface area contributed by atoms with Crippen molar-refractivity contribution in [1.82, 2.24) is 0 Å². The van der Waals surface area contributed by atoms with Crippen LogP contribution in [0.2, 0.25) is 5.02 Å². The Bertz CT molecular complexity index is 366. The van der Waals surface area contributed by atoms with Gasteiger partial charge in [0.2, 0.25) is 0 Å². The Morgan fingerprint density at radius 3 is 2.82 bits per heavy atom. The number of nitrogens with two attached hydrogens (primary N) is 1. The van der Waals surface area contributed by atoms with Gasteiger partial charge in [-0.2, -0.15) is 0 Å². The van der Waals surface area contributed by atoms with E-state index >= 15 is 0 Å². The van der Waals surface area contributed by atoms with Crippen LogP contribution in [0, 0.1) is 0 Å². The van der Waals surface area contributed by atoms with Crippen LogP contribution in [0.1, 0.15) is 18.4 Å². The summed E-state index contributed by atoms with van der Waals surface area (Å²) in [5.41, 5.74) is 6.91. The van der Waals surface area contributed by atoms with E-state index in [1.165, 1.54) is 10.5 Å². The normalized spacial score (nSPS) is 17.3. The van der Waals surface area contributed by atoms with Crippen molar-refractivity contribution in [2.45, 2.75) is 29.4 Å². The lowest BCUT2D eigenvalue weighted by Gasteiger charge is -2.22. The molecule has 1 aliphatic rings. The van der Waals surface area contributed by atoms with Crippen molar-refractivity contribution in [2.24, 2.45) is 5.73 Å². The van der Waals surface area contributed by atoms with Gasteiger partial charge in [-0.25, -0.2) is 0 Å². The van der Waals surface area contributed by atoms with Crippen molar-refractivity contribution in [3.63, 3.8) is 0 Å². The highest BCUT2D eigenvalue weighted by Gasteiger charge is 2.16. The van der Waals surface area contributed by atoms with Crippen molar-refractivity contribution in [2.75, 3.05) is 19.8 Å². The molecule has 1 saturated heterocycles. The van der Waals surface area contributed by atoms with Gasteiger partial charge >= 0.3 is 0 Å². The second kappa shape index (κ2) is 6.64. The summed E-state index contributed by atoms with van der Waals surface area (Å²) in [4.78, 5) is 1.33. The molecular formula is C13H18ClNOS. The molecule has 1 heterocycles. The van der Waals surface area contributed by atoms with E-state index in [0.29, 0.717) is 11.8 Å². The molecule has 0 saturated carbocycles. The minimum absolute atomic E-state index is 0.668. The molecule has 1 fully saturated rings. The van der Waals surface area contributed by atoms with E-state index in [0.717, 1.165) is 37.5 Å². The zero-order valence-electron chi connectivity index (χ0n) is 9.82. The Morgan fingerprint density at radius 1 is 1.35 bits per heavy atom. The molecule has 0 atom stereocenters. The van der Waals surface area contributed by atoms with E-state index < -0.39 is 0 Å². The van der Waals surface area contributed by atoms with Gasteiger partial charge in [-0.05, 0) is 49.6 Å². The summed E-state index contributed by atoms with van der Waals surface area (Å²) in [5.74, 6) is 0. The molecule has 0 unspecified atom stereocenters. The summed E-state index contributed by atoms with van der Waals surface area (Å²) in [7, 11) is 0. The second-order valence-electron chi connectivity index (χ2n) is 4.22. The van der Waals surface area contributed by atoms with Gasteiger partial charge in [0.25, 0.3) is 0 Å². The quantitative estimate of drug-likeness (QED) is 0.914. The van der Waals surface area contributed by atoms with Gasteiger partial charge in [-0.3, -0.25) is 0 Å². The van der Waals surface area contributed by atoms with Crippen molar-refractivity contribution in [3.05, 3.63) is 28.8 Å². The van der Waals surface area contributed by atoms with Crippen LogP contribution in [0.5, 0.6) is 0 Å². The maximum absolute atomic E-state index is 6.03. The van der Waals surface area contributed by atoms with Crippen molar-refractivity contribution in [3.8, 4) is 0 Å². The first-order valence-corrected chi connectivity index (χ1v) is 7.28. The summed E-state index contributed by atoms with van der Waals surface area (Å²) in [5, 5.41) is 1.46. The van der Waals surface area contributed by atoms with Gasteiger partial charge in [0.15, 0.2) is 0 Å². The fraction of sp³-hybridized carbons (Fsp3) is 0.538. The maximum atomic E-state index is 6.03. The highest BCUT2D eigenvalue weighted by molar-refractivity contribution is 8.00. The molecule has 0 radical (unpaired) electrons. The summed E-state index contributed by atoms with van der Waals surface area (Å²) in [6.45, 7) is 2.44. The number of ether oxygens (including phenoxy) is 1. The molecule has 2 rings (SSSR count). The third-order valence-corrected chi connectivity index (χ3v) is 4.59. The average molecular weight is 272 g/mol. The molecule has 94 valence electrons. The number of thioether (sulfide) groups is 1. The molecule has 4 heteroatoms. The molecule has 17 heavy (non-hydrogen) atoms. The van der Waals surface area contributed by atoms with Crippen LogP contribution in [0.3, 0.4) is 0 Å². The fourth-order valence-corrected chi connectivity index (χ4v) is 3.43. The van der Waals surface area contributed by atoms with Gasteiger partial charge < -0.3 is 10.5 Å². The SMILES string of the molecule is NCCc1cc(Cl)ccc1SC1CCOCC1. The van der Waals surface area contributed by atoms with Gasteiger partial charge in [0.1, 0.15) is 0 Å². The van der Waals surface area contributed by atoms with Gasteiger partial charge in [0.05, 0.1) is 0 Å². The lowest BCUT2D eigenvalue weighted by atomic mass is 10.1. The van der Waals surface area contributed by atoms with E-state index in [4.69, 9.17) is 22.1 Å². The Hall–Kier alpha value is -0.220. The van der Waals surface area contributed by atoms with Crippen molar-refractivity contribution < 1.29 is 4.74 Å². The largest absolute Gasteiger partial charge is 0.381 e. The Labute approximate surface area is 112 Å². The van der Waals surface area contributed by atoms with Gasteiger partial charge in [0, 0.05) is 28.4 Å². The Balaban J connectivity index is 2.07. The summed E-state index contributed by atoms with van der Waals surface area (Å²) < 4.78 is 5.38. The average Bonchev–Trinajstić information content (AvgIpc) is 2.34. The molecule has 2 nitrogen and oxygen atoms in total. The number of rotatable bonds is 4. The first kappa shape index (κ1) is 13.2. The molecule has 2 N–H and O–H groups in total. The zero-order valence-corrected chi connectivity index (χ0v) is 11.4. The lowest BCUT2D eigenvalue weighted by Crippen LogP contribution is -2.17. The van der Waals surface area contributed by atoms with E-state index in [9.17, 15) is 0 Å². The predicted molar refractivity (Wildman–Crippen MR) is 73.9 cm³/mol. The summed E-state index contributed by atoms with van der Waals surface area (Å²) >= 11 is 7.97. The topological polar surface area (TPSA) is 35.2 Å². The van der Waals surface area contributed by atoms with E-state index in [1.807, 2.05) is 23.9 Å². The first-order valence-electron chi connectivity index (χ1n) is 6.02. The van der Waals surface area contributed by atoms with Crippen LogP contribution in [0.25, 0.3) is 0 Å². The molecule has 0 spiro atoms. The number of halogens is 1. The molecule has 1 aliphatic heterocycles. The molecule has 0 aromatic heterocycles. The number of benzene rings is 1. The zero-order chi connectivity index (χ0) is 12.1. The standard InChI is InChI=1S/C13H18ClNOS/c14-11-1-2-13(10(9-11)3-6-15)17-12-4-7-16-8-5-12/h1-2,9,12H,3-8,15H2. The highest BCUT2D eigenvalue weighted by Crippen LogP contribution is 2.33. The fourth-order valence-electron chi connectivity index (χ4n) is 1.99. The van der Waals surface area contributed by atoms with Crippen LogP contribution in [0.4, 0.5) is 0 Å². The van der Waals surface area contributed by atoms with Crippen LogP contribution >= 0.6 is 23.4 Å². The molecule has 1 aromatic carbocycles. The van der Waals surface area contributed by atoms with Crippen LogP contribution in [0.15, 0.2) is 23.1 Å². The Kier molecular flexibility index (Phi) is 5.16. The summed E-state index contributed by atoms with van der Waals surface area (Å²) in [6.07, 6.45) is 3.16. The van der Waals surface area contributed by atoms with Crippen LogP contribution in [-0.2, 0) is 11.2 Å². The van der Waals surface area contributed by atoms with Crippen LogP contribution in [-0.4, -0.2) is 25.0 Å². The minimum atomic E-state index is 0.668. The van der Waals surface area contributed by atoms with Crippen molar-refractivity contribution in [1.29, 1.82) is 0 Å². The molecule has 0 bridgehead atoms. The molecule has 0 aliphatic carbocycles. The van der Waals surface area contributed by atoms with Gasteiger partial charge in [-0.15, -0.1) is 11.8 Å². The lowest BCUT2D eigenvalue weighted by molar-refractivity contribution is 0.100. The Morgan fingerprint density at radius 2 is 2.12 bits per heavy atom. The number of hydrogen-bond acceptors (Lipinski definition) is 3. The molecule has 1 aromatic rings. The first-order chi connectivity index (χ1) is 8.29. The van der Waals surface area contributed by atoms with E-state index in [2.05, 4.69) is 6.07 Å². The predicted octanol–water partition coefficient (Wildman–Crippen LogP) is 3.11. The molecule has 0 amide bonds. The molecular weight excluding hydrogens is 254 g/mol. The van der Waals surface area contributed by atoms with Gasteiger partial charge in [-0.1, -0.05) is 11.6 Å². The van der Waals surface area contributed by atoms with E-state index in [1.54, 1.807) is 0 Å². The van der Waals surface area contributed by atoms with Crippen molar-refractivity contribution >= 4 is 23.4 Å². The number of hydrogen-bond donors (Lipinski definition) is 1. The minimum Gasteiger partial charge on any atom is -0.381 e. The maximum Gasteiger partial charge on any atom is 0.0476 e. The third kappa shape index (κ3) is 3.88. The summed E-state index contributed by atoms with van der Waals surface area (Å²) in [6, 6.07) is 6.12. The second-order valence-corrected chi connectivity index (χ2v) is 6.00. The third-order valence-electron chi connectivity index (χ3n) is 2.90. The van der Waals surface area contributed by atoms with E-state index in [-0.39, 0.29) is 0 Å². The monoisotopic (exact) mass is 271 g/mol.